The number of aliphatic hydroxyl groups is 1. The van der Waals surface area contributed by atoms with Gasteiger partial charge in [0.2, 0.25) is 0 Å². The van der Waals surface area contributed by atoms with Gasteiger partial charge in [0.25, 0.3) is 0 Å². The minimum Gasteiger partial charge on any atom is -0.389 e. The van der Waals surface area contributed by atoms with Crippen LogP contribution >= 0.6 is 0 Å². The van der Waals surface area contributed by atoms with Crippen molar-refractivity contribution < 1.29 is 5.11 Å². The van der Waals surface area contributed by atoms with Gasteiger partial charge in [0.05, 0.1) is 5.60 Å². The van der Waals surface area contributed by atoms with Crippen LogP contribution < -0.4 is 0 Å². The van der Waals surface area contributed by atoms with Crippen LogP contribution in [-0.2, 0) is 0 Å². The van der Waals surface area contributed by atoms with Crippen LogP contribution in [0.3, 0.4) is 0 Å². The summed E-state index contributed by atoms with van der Waals surface area (Å²) < 4.78 is 0. The summed E-state index contributed by atoms with van der Waals surface area (Å²) in [6.07, 6.45) is 3.61. The number of nitrogens with zero attached hydrogens (tertiary/aromatic N) is 1. The van der Waals surface area contributed by atoms with Gasteiger partial charge in [0, 0.05) is 12.1 Å². The van der Waals surface area contributed by atoms with E-state index in [2.05, 4.69) is 18.7 Å². The van der Waals surface area contributed by atoms with Crippen LogP contribution in [0.25, 0.3) is 0 Å². The monoisotopic (exact) mass is 185 g/mol. The third kappa shape index (κ3) is 2.44. The fourth-order valence-electron chi connectivity index (χ4n) is 2.56. The van der Waals surface area contributed by atoms with Gasteiger partial charge in [-0.15, -0.1) is 0 Å². The fraction of sp³-hybridized carbons (Fsp3) is 1.00. The molecular weight excluding hydrogens is 162 g/mol. The lowest BCUT2D eigenvalue weighted by molar-refractivity contribution is -0.0243. The lowest BCUT2D eigenvalue weighted by Crippen LogP contribution is -2.50. The second-order valence-corrected chi connectivity index (χ2v) is 4.81. The van der Waals surface area contributed by atoms with Crippen molar-refractivity contribution in [2.24, 2.45) is 0 Å². The molecule has 1 rings (SSSR count). The predicted molar refractivity (Wildman–Crippen MR) is 55.8 cm³/mol. The Morgan fingerprint density at radius 2 is 2.15 bits per heavy atom. The predicted octanol–water partition coefficient (Wildman–Crippen LogP) is 2.02. The maximum absolute atomic E-state index is 10.0. The zero-order chi connectivity index (χ0) is 10.1. The molecule has 0 bridgehead atoms. The van der Waals surface area contributed by atoms with Crippen molar-refractivity contribution in [2.75, 3.05) is 6.54 Å². The van der Waals surface area contributed by atoms with E-state index in [0.717, 1.165) is 13.0 Å². The molecule has 0 aromatic heterocycles. The molecule has 0 amide bonds. The number of hydrogen-bond donors (Lipinski definition) is 1. The molecule has 1 aliphatic heterocycles. The summed E-state index contributed by atoms with van der Waals surface area (Å²) in [7, 11) is 0. The molecule has 0 aromatic carbocycles. The first kappa shape index (κ1) is 11.0. The zero-order valence-corrected chi connectivity index (χ0v) is 9.38. The molecule has 1 fully saturated rings. The van der Waals surface area contributed by atoms with Gasteiger partial charge < -0.3 is 5.11 Å². The van der Waals surface area contributed by atoms with Gasteiger partial charge in [0.1, 0.15) is 0 Å². The molecule has 2 heteroatoms. The van der Waals surface area contributed by atoms with E-state index in [-0.39, 0.29) is 0 Å². The van der Waals surface area contributed by atoms with Crippen LogP contribution in [0.15, 0.2) is 0 Å². The number of hydrogen-bond acceptors (Lipinski definition) is 2. The maximum Gasteiger partial charge on any atom is 0.0746 e. The Balaban J connectivity index is 2.66. The number of likely N-dealkylation sites (tertiary alicyclic amines) is 1. The summed E-state index contributed by atoms with van der Waals surface area (Å²) in [5, 5.41) is 10.0. The highest BCUT2D eigenvalue weighted by atomic mass is 16.3. The van der Waals surface area contributed by atoms with Crippen molar-refractivity contribution in [1.82, 2.24) is 4.90 Å². The van der Waals surface area contributed by atoms with Gasteiger partial charge in [-0.25, -0.2) is 0 Å². The molecule has 0 aromatic rings. The van der Waals surface area contributed by atoms with E-state index in [0.29, 0.717) is 12.1 Å². The van der Waals surface area contributed by atoms with E-state index >= 15 is 0 Å². The molecule has 0 radical (unpaired) electrons. The van der Waals surface area contributed by atoms with Crippen molar-refractivity contribution in [3.8, 4) is 0 Å². The standard InChI is InChI=1S/C11H23NO/c1-5-10(11(3,4)13)12-8-6-7-9(12)2/h9-10,13H,5-8H2,1-4H3. The van der Waals surface area contributed by atoms with E-state index in [1.165, 1.54) is 12.8 Å². The Morgan fingerprint density at radius 3 is 2.46 bits per heavy atom. The summed E-state index contributed by atoms with van der Waals surface area (Å²) in [5.74, 6) is 0. The lowest BCUT2D eigenvalue weighted by Gasteiger charge is -2.38. The summed E-state index contributed by atoms with van der Waals surface area (Å²) in [4.78, 5) is 2.46. The van der Waals surface area contributed by atoms with E-state index in [1.54, 1.807) is 0 Å². The fourth-order valence-corrected chi connectivity index (χ4v) is 2.56. The second-order valence-electron chi connectivity index (χ2n) is 4.81. The highest BCUT2D eigenvalue weighted by molar-refractivity contribution is 4.90. The average molecular weight is 185 g/mol. The molecule has 2 nitrogen and oxygen atoms in total. The Hall–Kier alpha value is -0.0800. The Bertz CT molecular complexity index is 162. The zero-order valence-electron chi connectivity index (χ0n) is 9.38. The quantitative estimate of drug-likeness (QED) is 0.727. The Morgan fingerprint density at radius 1 is 1.54 bits per heavy atom. The van der Waals surface area contributed by atoms with Crippen LogP contribution in [0.4, 0.5) is 0 Å². The topological polar surface area (TPSA) is 23.5 Å². The van der Waals surface area contributed by atoms with E-state index in [4.69, 9.17) is 0 Å². The first-order valence-electron chi connectivity index (χ1n) is 5.45. The van der Waals surface area contributed by atoms with Crippen LogP contribution in [0.2, 0.25) is 0 Å². The first-order valence-corrected chi connectivity index (χ1v) is 5.45. The molecule has 0 spiro atoms. The van der Waals surface area contributed by atoms with Crippen molar-refractivity contribution in [2.45, 2.75) is 64.6 Å². The summed E-state index contributed by atoms with van der Waals surface area (Å²) >= 11 is 0. The third-order valence-corrected chi connectivity index (χ3v) is 3.21. The molecule has 2 atom stereocenters. The Labute approximate surface area is 81.9 Å². The number of rotatable bonds is 3. The largest absolute Gasteiger partial charge is 0.389 e. The average Bonchev–Trinajstić information content (AvgIpc) is 2.35. The minimum absolute atomic E-state index is 0.324. The molecule has 1 N–H and O–H groups in total. The molecule has 1 saturated heterocycles. The third-order valence-electron chi connectivity index (χ3n) is 3.21. The molecule has 78 valence electrons. The van der Waals surface area contributed by atoms with Gasteiger partial charge in [-0.2, -0.15) is 0 Å². The molecule has 13 heavy (non-hydrogen) atoms. The molecular formula is C11H23NO. The van der Waals surface area contributed by atoms with Crippen LogP contribution in [0.1, 0.15) is 47.0 Å². The van der Waals surface area contributed by atoms with Gasteiger partial charge >= 0.3 is 0 Å². The van der Waals surface area contributed by atoms with Crippen LogP contribution in [-0.4, -0.2) is 34.2 Å². The van der Waals surface area contributed by atoms with Crippen LogP contribution in [0.5, 0.6) is 0 Å². The van der Waals surface area contributed by atoms with E-state index < -0.39 is 5.60 Å². The molecule has 1 heterocycles. The smallest absolute Gasteiger partial charge is 0.0746 e. The van der Waals surface area contributed by atoms with Crippen LogP contribution in [0, 0.1) is 0 Å². The van der Waals surface area contributed by atoms with E-state index in [1.807, 2.05) is 13.8 Å². The van der Waals surface area contributed by atoms with Gasteiger partial charge in [-0.3, -0.25) is 4.90 Å². The van der Waals surface area contributed by atoms with Crippen molar-refractivity contribution in [1.29, 1.82) is 0 Å². The molecule has 0 aliphatic carbocycles. The van der Waals surface area contributed by atoms with E-state index in [9.17, 15) is 5.11 Å². The molecule has 0 saturated carbocycles. The van der Waals surface area contributed by atoms with Gasteiger partial charge in [-0.1, -0.05) is 6.92 Å². The SMILES string of the molecule is CCC(N1CCCC1C)C(C)(C)O. The minimum atomic E-state index is -0.562. The second kappa shape index (κ2) is 3.97. The van der Waals surface area contributed by atoms with Gasteiger partial charge in [0.15, 0.2) is 0 Å². The van der Waals surface area contributed by atoms with Gasteiger partial charge in [-0.05, 0) is 46.6 Å². The van der Waals surface area contributed by atoms with Crippen molar-refractivity contribution >= 4 is 0 Å². The lowest BCUT2D eigenvalue weighted by atomic mass is 9.94. The Kier molecular flexibility index (Phi) is 3.36. The normalized spacial score (nSPS) is 27.9. The highest BCUT2D eigenvalue weighted by Gasteiger charge is 2.35. The van der Waals surface area contributed by atoms with Crippen molar-refractivity contribution in [3.05, 3.63) is 0 Å². The summed E-state index contributed by atoms with van der Waals surface area (Å²) in [5.41, 5.74) is -0.562. The van der Waals surface area contributed by atoms with Crippen molar-refractivity contribution in [3.63, 3.8) is 0 Å². The molecule has 2 unspecified atom stereocenters. The summed E-state index contributed by atoms with van der Waals surface area (Å²) in [6.45, 7) is 9.43. The maximum atomic E-state index is 10.0. The first-order chi connectivity index (χ1) is 5.96. The highest BCUT2D eigenvalue weighted by Crippen LogP contribution is 2.27. The molecule has 1 aliphatic rings. The summed E-state index contributed by atoms with van der Waals surface area (Å²) in [6, 6.07) is 0.973.